The van der Waals surface area contributed by atoms with Gasteiger partial charge in [0.05, 0.1) is 14.2 Å². The van der Waals surface area contributed by atoms with Gasteiger partial charge in [-0.3, -0.25) is 0 Å². The highest BCUT2D eigenvalue weighted by atomic mass is 79.9. The maximum Gasteiger partial charge on any atom is 0.376 e. The van der Waals surface area contributed by atoms with Gasteiger partial charge in [-0.25, -0.2) is 29.5 Å². The Morgan fingerprint density at radius 3 is 1.65 bits per heavy atom. The first-order valence-electron chi connectivity index (χ1n) is 6.34. The van der Waals surface area contributed by atoms with E-state index in [0.29, 0.717) is 5.33 Å². The third-order valence-corrected chi connectivity index (χ3v) is 3.02. The Morgan fingerprint density at radius 2 is 1.30 bits per heavy atom. The lowest BCUT2D eigenvalue weighted by Crippen LogP contribution is -2.06. The fraction of sp³-hybridized carbons (Fsp3) is 0.286. The van der Waals surface area contributed by atoms with Gasteiger partial charge in [0, 0.05) is 30.1 Å². The molecule has 2 aromatic heterocycles. The third kappa shape index (κ3) is 6.07. The highest BCUT2D eigenvalue weighted by Crippen LogP contribution is 2.02. The van der Waals surface area contributed by atoms with Crippen LogP contribution in [0.15, 0.2) is 24.8 Å². The molecule has 0 aliphatic heterocycles. The summed E-state index contributed by atoms with van der Waals surface area (Å²) in [6.45, 7) is 1.85. The highest BCUT2D eigenvalue weighted by Gasteiger charge is 2.07. The summed E-state index contributed by atoms with van der Waals surface area (Å²) in [5.41, 5.74) is 1.83. The summed E-state index contributed by atoms with van der Waals surface area (Å²) in [7, 11) is 2.59. The molecule has 0 bridgehead atoms. The van der Waals surface area contributed by atoms with Crippen molar-refractivity contribution in [2.45, 2.75) is 12.3 Å². The predicted molar refractivity (Wildman–Crippen MR) is 84.1 cm³/mol. The maximum absolute atomic E-state index is 10.9. The zero-order valence-corrected chi connectivity index (χ0v) is 14.4. The average Bonchev–Trinajstić information content (AvgIpc) is 2.61. The molecule has 2 aromatic rings. The van der Waals surface area contributed by atoms with Gasteiger partial charge in [-0.2, -0.15) is 0 Å². The van der Waals surface area contributed by atoms with Gasteiger partial charge in [0.1, 0.15) is 0 Å². The first-order valence-corrected chi connectivity index (χ1v) is 7.46. The standard InChI is InChI=1S/C7H7BrN2O2.C7H8N2O2/c1-12-7(11)6-9-3-5(2-8)4-10-6;1-5-3-8-6(9-4-5)7(10)11-2/h3-4H,2H2,1H3;3-4H,1-2H3. The van der Waals surface area contributed by atoms with Gasteiger partial charge in [0.2, 0.25) is 11.6 Å². The van der Waals surface area contributed by atoms with E-state index >= 15 is 0 Å². The number of carbonyl (C=O) groups is 2. The summed E-state index contributed by atoms with van der Waals surface area (Å²) in [5.74, 6) is -0.846. The van der Waals surface area contributed by atoms with Crippen molar-refractivity contribution < 1.29 is 19.1 Å². The Kier molecular flexibility index (Phi) is 7.75. The molecule has 2 rings (SSSR count). The van der Waals surface area contributed by atoms with Gasteiger partial charge in [0.25, 0.3) is 0 Å². The van der Waals surface area contributed by atoms with Gasteiger partial charge in [0.15, 0.2) is 0 Å². The number of nitrogens with zero attached hydrogens (tertiary/aromatic N) is 4. The molecule has 0 unspecified atom stereocenters. The minimum absolute atomic E-state index is 0.0854. The summed E-state index contributed by atoms with van der Waals surface area (Å²) in [6.07, 6.45) is 6.29. The monoisotopic (exact) mass is 382 g/mol. The Balaban J connectivity index is 0.000000231. The number of ether oxygens (including phenoxy) is 2. The van der Waals surface area contributed by atoms with E-state index in [4.69, 9.17) is 0 Å². The van der Waals surface area contributed by atoms with Crippen LogP contribution < -0.4 is 0 Å². The number of halogens is 1. The maximum atomic E-state index is 10.9. The van der Waals surface area contributed by atoms with Gasteiger partial charge >= 0.3 is 11.9 Å². The van der Waals surface area contributed by atoms with Crippen LogP contribution >= 0.6 is 15.9 Å². The van der Waals surface area contributed by atoms with Crippen LogP contribution in [0.1, 0.15) is 32.4 Å². The van der Waals surface area contributed by atoms with E-state index in [2.05, 4.69) is 45.3 Å². The molecule has 122 valence electrons. The molecule has 8 nitrogen and oxygen atoms in total. The normalized spacial score (nSPS) is 9.39. The molecule has 9 heteroatoms. The van der Waals surface area contributed by atoms with Crippen LogP contribution in [-0.4, -0.2) is 46.1 Å². The van der Waals surface area contributed by atoms with Crippen molar-refractivity contribution in [2.24, 2.45) is 0 Å². The van der Waals surface area contributed by atoms with Crippen molar-refractivity contribution in [3.05, 3.63) is 47.6 Å². The van der Waals surface area contributed by atoms with E-state index < -0.39 is 11.9 Å². The second-order valence-electron chi connectivity index (χ2n) is 4.12. The molecule has 0 radical (unpaired) electrons. The molecule has 0 fully saturated rings. The molecular weight excluding hydrogens is 368 g/mol. The Morgan fingerprint density at radius 1 is 0.913 bits per heavy atom. The van der Waals surface area contributed by atoms with E-state index in [1.807, 2.05) is 6.92 Å². The molecule has 0 aliphatic rings. The molecule has 23 heavy (non-hydrogen) atoms. The molecule has 0 aliphatic carbocycles. The predicted octanol–water partition coefficient (Wildman–Crippen LogP) is 1.73. The fourth-order valence-corrected chi connectivity index (χ4v) is 1.50. The first-order chi connectivity index (χ1) is 11.0. The molecule has 0 saturated carbocycles. The number of rotatable bonds is 3. The van der Waals surface area contributed by atoms with Crippen LogP contribution in [0.3, 0.4) is 0 Å². The van der Waals surface area contributed by atoms with E-state index in [9.17, 15) is 9.59 Å². The quantitative estimate of drug-likeness (QED) is 0.583. The summed E-state index contributed by atoms with van der Waals surface area (Å²) in [5, 5.41) is 0.675. The zero-order valence-electron chi connectivity index (χ0n) is 12.8. The van der Waals surface area contributed by atoms with Crippen LogP contribution in [0.4, 0.5) is 0 Å². The molecule has 0 aromatic carbocycles. The van der Waals surface area contributed by atoms with Crippen molar-refractivity contribution in [1.82, 2.24) is 19.9 Å². The van der Waals surface area contributed by atoms with Crippen molar-refractivity contribution in [3.8, 4) is 0 Å². The zero-order chi connectivity index (χ0) is 17.2. The third-order valence-electron chi connectivity index (χ3n) is 2.38. The summed E-state index contributed by atoms with van der Waals surface area (Å²) >= 11 is 3.24. The molecule has 0 N–H and O–H groups in total. The number of methoxy groups -OCH3 is 2. The van der Waals surface area contributed by atoms with E-state index in [0.717, 1.165) is 11.1 Å². The van der Waals surface area contributed by atoms with Crippen molar-refractivity contribution >= 4 is 27.9 Å². The molecule has 0 atom stereocenters. The number of aryl methyl sites for hydroxylation is 1. The van der Waals surface area contributed by atoms with Crippen molar-refractivity contribution in [1.29, 1.82) is 0 Å². The Bertz CT molecular complexity index is 647. The largest absolute Gasteiger partial charge is 0.463 e. The molecule has 2 heterocycles. The first kappa shape index (κ1) is 18.6. The number of hydrogen-bond acceptors (Lipinski definition) is 8. The number of esters is 2. The smallest absolute Gasteiger partial charge is 0.376 e. The number of aromatic nitrogens is 4. The van der Waals surface area contributed by atoms with Crippen LogP contribution in [0.2, 0.25) is 0 Å². The van der Waals surface area contributed by atoms with Gasteiger partial charge in [-0.05, 0) is 18.1 Å². The van der Waals surface area contributed by atoms with Crippen LogP contribution in [0, 0.1) is 6.92 Å². The highest BCUT2D eigenvalue weighted by molar-refractivity contribution is 9.08. The SMILES string of the molecule is COC(=O)c1ncc(C)cn1.COC(=O)c1ncc(CBr)cn1. The number of hydrogen-bond donors (Lipinski definition) is 0. The van der Waals surface area contributed by atoms with E-state index in [1.165, 1.54) is 14.2 Å². The lowest BCUT2D eigenvalue weighted by Gasteiger charge is -1.97. The molecular formula is C14H15BrN4O4. The lowest BCUT2D eigenvalue weighted by molar-refractivity contribution is 0.0578. The minimum atomic E-state index is -0.517. The molecule has 0 amide bonds. The van der Waals surface area contributed by atoms with Crippen molar-refractivity contribution in [2.75, 3.05) is 14.2 Å². The van der Waals surface area contributed by atoms with Gasteiger partial charge < -0.3 is 9.47 Å². The second kappa shape index (κ2) is 9.57. The second-order valence-corrected chi connectivity index (χ2v) is 4.68. The Labute approximate surface area is 141 Å². The summed E-state index contributed by atoms with van der Waals surface area (Å²) in [4.78, 5) is 36.8. The summed E-state index contributed by atoms with van der Waals surface area (Å²) < 4.78 is 8.85. The van der Waals surface area contributed by atoms with Gasteiger partial charge in [-0.1, -0.05) is 15.9 Å². The van der Waals surface area contributed by atoms with Gasteiger partial charge in [-0.15, -0.1) is 0 Å². The van der Waals surface area contributed by atoms with Crippen LogP contribution in [0.5, 0.6) is 0 Å². The average molecular weight is 383 g/mol. The Hall–Kier alpha value is -2.42. The fourth-order valence-electron chi connectivity index (χ4n) is 1.21. The molecule has 0 spiro atoms. The van der Waals surface area contributed by atoms with E-state index in [1.54, 1.807) is 24.8 Å². The number of carbonyl (C=O) groups excluding carboxylic acids is 2. The lowest BCUT2D eigenvalue weighted by atomic mass is 10.4. The minimum Gasteiger partial charge on any atom is -0.463 e. The van der Waals surface area contributed by atoms with Crippen LogP contribution in [-0.2, 0) is 14.8 Å². The number of alkyl halides is 1. The molecule has 0 saturated heterocycles. The van der Waals surface area contributed by atoms with Crippen molar-refractivity contribution in [3.63, 3.8) is 0 Å². The van der Waals surface area contributed by atoms with E-state index in [-0.39, 0.29) is 11.6 Å². The summed E-state index contributed by atoms with van der Waals surface area (Å²) in [6, 6.07) is 0. The van der Waals surface area contributed by atoms with Crippen LogP contribution in [0.25, 0.3) is 0 Å². The topological polar surface area (TPSA) is 104 Å².